The Morgan fingerprint density at radius 2 is 1.81 bits per heavy atom. The van der Waals surface area contributed by atoms with E-state index in [1.807, 2.05) is 18.7 Å². The van der Waals surface area contributed by atoms with Crippen molar-refractivity contribution < 1.29 is 23.9 Å². The summed E-state index contributed by atoms with van der Waals surface area (Å²) in [6.45, 7) is 6.02. The lowest BCUT2D eigenvalue weighted by atomic mass is 10.0. The number of likely N-dealkylation sites (N-methyl/N-ethyl adjacent to an activating group) is 2. The Morgan fingerprint density at radius 3 is 2.37 bits per heavy atom. The topological polar surface area (TPSA) is 76.1 Å². The Hall–Kier alpha value is -2.41. The SMILES string of the molecule is CCOC(=O)[C@H]1[C@@H](OC(=O)c2ccccc2)CN(C)[C@@H](C(C)C)C(=O)N1C. The molecule has 7 nitrogen and oxygen atoms in total. The van der Waals surface area contributed by atoms with Gasteiger partial charge >= 0.3 is 11.9 Å². The summed E-state index contributed by atoms with van der Waals surface area (Å²) in [5, 5.41) is 0. The molecule has 1 saturated heterocycles. The van der Waals surface area contributed by atoms with E-state index in [0.29, 0.717) is 5.56 Å². The first kappa shape index (κ1) is 20.9. The summed E-state index contributed by atoms with van der Waals surface area (Å²) in [5.41, 5.74) is 0.390. The minimum Gasteiger partial charge on any atom is -0.464 e. The largest absolute Gasteiger partial charge is 0.464 e. The van der Waals surface area contributed by atoms with Gasteiger partial charge in [0.25, 0.3) is 0 Å². The molecule has 148 valence electrons. The van der Waals surface area contributed by atoms with Gasteiger partial charge in [0.15, 0.2) is 6.04 Å². The van der Waals surface area contributed by atoms with Crippen LogP contribution >= 0.6 is 0 Å². The minimum absolute atomic E-state index is 0.0383. The van der Waals surface area contributed by atoms with E-state index in [2.05, 4.69) is 0 Å². The highest BCUT2D eigenvalue weighted by Crippen LogP contribution is 2.23. The molecule has 0 aromatic heterocycles. The molecule has 27 heavy (non-hydrogen) atoms. The predicted octanol–water partition coefficient (Wildman–Crippen LogP) is 1.57. The van der Waals surface area contributed by atoms with Gasteiger partial charge in [-0.2, -0.15) is 0 Å². The second-order valence-electron chi connectivity index (χ2n) is 7.08. The lowest BCUT2D eigenvalue weighted by Crippen LogP contribution is -2.52. The van der Waals surface area contributed by atoms with Gasteiger partial charge in [-0.25, -0.2) is 9.59 Å². The maximum Gasteiger partial charge on any atom is 0.338 e. The summed E-state index contributed by atoms with van der Waals surface area (Å²) < 4.78 is 10.8. The molecule has 1 aliphatic rings. The van der Waals surface area contributed by atoms with Gasteiger partial charge in [0, 0.05) is 13.6 Å². The van der Waals surface area contributed by atoms with Crippen LogP contribution in [0.5, 0.6) is 0 Å². The average molecular weight is 376 g/mol. The van der Waals surface area contributed by atoms with E-state index in [4.69, 9.17) is 9.47 Å². The van der Waals surface area contributed by atoms with Crippen LogP contribution in [0, 0.1) is 5.92 Å². The molecule has 0 spiro atoms. The van der Waals surface area contributed by atoms with Gasteiger partial charge < -0.3 is 14.4 Å². The van der Waals surface area contributed by atoms with Crippen LogP contribution in [0.2, 0.25) is 0 Å². The molecule has 7 heteroatoms. The smallest absolute Gasteiger partial charge is 0.338 e. The monoisotopic (exact) mass is 376 g/mol. The van der Waals surface area contributed by atoms with Gasteiger partial charge in [-0.3, -0.25) is 9.69 Å². The molecule has 1 heterocycles. The zero-order valence-electron chi connectivity index (χ0n) is 16.5. The van der Waals surface area contributed by atoms with E-state index < -0.39 is 30.1 Å². The fourth-order valence-corrected chi connectivity index (χ4v) is 3.49. The lowest BCUT2D eigenvalue weighted by molar-refractivity contribution is -0.158. The number of hydrogen-bond donors (Lipinski definition) is 0. The second kappa shape index (κ2) is 8.99. The molecule has 1 aromatic rings. The third kappa shape index (κ3) is 4.66. The summed E-state index contributed by atoms with van der Waals surface area (Å²) in [5.74, 6) is -1.26. The van der Waals surface area contributed by atoms with Crippen LogP contribution in [0.15, 0.2) is 30.3 Å². The number of benzene rings is 1. The number of nitrogens with zero attached hydrogens (tertiary/aromatic N) is 2. The maximum atomic E-state index is 13.0. The predicted molar refractivity (Wildman–Crippen MR) is 100 cm³/mol. The van der Waals surface area contributed by atoms with Crippen LogP contribution in [0.25, 0.3) is 0 Å². The molecule has 0 aliphatic carbocycles. The molecule has 1 fully saturated rings. The van der Waals surface area contributed by atoms with E-state index in [1.165, 1.54) is 4.90 Å². The number of hydrogen-bond acceptors (Lipinski definition) is 6. The van der Waals surface area contributed by atoms with E-state index in [9.17, 15) is 14.4 Å². The van der Waals surface area contributed by atoms with Crippen molar-refractivity contribution in [3.05, 3.63) is 35.9 Å². The number of carbonyl (C=O) groups is 3. The van der Waals surface area contributed by atoms with E-state index >= 15 is 0 Å². The third-order valence-corrected chi connectivity index (χ3v) is 4.74. The van der Waals surface area contributed by atoms with Crippen molar-refractivity contribution in [2.75, 3.05) is 27.2 Å². The van der Waals surface area contributed by atoms with Crippen LogP contribution in [-0.4, -0.2) is 73.1 Å². The standard InChI is InChI=1S/C20H28N2O5/c1-6-26-20(25)17-15(27-19(24)14-10-8-7-9-11-14)12-21(4)16(13(2)3)18(23)22(17)5/h7-11,13,15-17H,6,12H2,1-5H3/t15-,16-,17+/m0/s1. The molecule has 3 atom stereocenters. The Kier molecular flexibility index (Phi) is 6.96. The van der Waals surface area contributed by atoms with Crippen LogP contribution in [0.3, 0.4) is 0 Å². The summed E-state index contributed by atoms with van der Waals surface area (Å²) in [6.07, 6.45) is -0.834. The van der Waals surface area contributed by atoms with Crippen molar-refractivity contribution in [2.45, 2.75) is 39.0 Å². The fourth-order valence-electron chi connectivity index (χ4n) is 3.49. The van der Waals surface area contributed by atoms with Crippen molar-refractivity contribution in [1.29, 1.82) is 0 Å². The summed E-state index contributed by atoms with van der Waals surface area (Å²) >= 11 is 0. The highest BCUT2D eigenvalue weighted by Gasteiger charge is 2.46. The number of amides is 1. The van der Waals surface area contributed by atoms with Gasteiger partial charge in [-0.15, -0.1) is 0 Å². The number of esters is 2. The molecule has 1 aliphatic heterocycles. The van der Waals surface area contributed by atoms with Gasteiger partial charge in [0.05, 0.1) is 18.2 Å². The van der Waals surface area contributed by atoms with E-state index in [0.717, 1.165) is 0 Å². The van der Waals surface area contributed by atoms with Gasteiger partial charge in [0.2, 0.25) is 5.91 Å². The van der Waals surface area contributed by atoms with E-state index in [-0.39, 0.29) is 25.0 Å². The van der Waals surface area contributed by atoms with E-state index in [1.54, 1.807) is 51.4 Å². The number of carbonyl (C=O) groups excluding carboxylic acids is 3. The molecule has 0 unspecified atom stereocenters. The summed E-state index contributed by atoms with van der Waals surface area (Å²) in [6, 6.07) is 7.18. The van der Waals surface area contributed by atoms with Gasteiger partial charge in [-0.1, -0.05) is 32.0 Å². The zero-order chi connectivity index (χ0) is 20.1. The van der Waals surface area contributed by atoms with Crippen LogP contribution < -0.4 is 0 Å². The zero-order valence-corrected chi connectivity index (χ0v) is 16.5. The Balaban J connectivity index is 2.35. The van der Waals surface area contributed by atoms with Crippen LogP contribution in [-0.2, 0) is 19.1 Å². The number of rotatable bonds is 5. The average Bonchev–Trinajstić information content (AvgIpc) is 2.70. The Bertz CT molecular complexity index is 676. The summed E-state index contributed by atoms with van der Waals surface area (Å²) in [7, 11) is 3.36. The van der Waals surface area contributed by atoms with Gasteiger partial charge in [0.1, 0.15) is 6.10 Å². The first-order valence-corrected chi connectivity index (χ1v) is 9.17. The lowest BCUT2D eigenvalue weighted by Gasteiger charge is -2.30. The minimum atomic E-state index is -0.990. The summed E-state index contributed by atoms with van der Waals surface area (Å²) in [4.78, 5) is 41.3. The molecule has 2 rings (SSSR count). The first-order valence-electron chi connectivity index (χ1n) is 9.17. The second-order valence-corrected chi connectivity index (χ2v) is 7.08. The fraction of sp³-hybridized carbons (Fsp3) is 0.550. The molecular weight excluding hydrogens is 348 g/mol. The molecule has 1 aromatic carbocycles. The maximum absolute atomic E-state index is 13.0. The van der Waals surface area contributed by atoms with Crippen molar-refractivity contribution >= 4 is 17.8 Å². The van der Waals surface area contributed by atoms with Crippen molar-refractivity contribution in [3.63, 3.8) is 0 Å². The van der Waals surface area contributed by atoms with Crippen LogP contribution in [0.4, 0.5) is 0 Å². The molecular formula is C20H28N2O5. The normalized spacial score (nSPS) is 23.9. The Labute approximate surface area is 160 Å². The Morgan fingerprint density at radius 1 is 1.19 bits per heavy atom. The van der Waals surface area contributed by atoms with Gasteiger partial charge in [-0.05, 0) is 32.0 Å². The molecule has 0 saturated carbocycles. The molecule has 1 amide bonds. The quantitative estimate of drug-likeness (QED) is 0.726. The first-order chi connectivity index (χ1) is 12.8. The van der Waals surface area contributed by atoms with Crippen molar-refractivity contribution in [2.24, 2.45) is 5.92 Å². The van der Waals surface area contributed by atoms with Crippen LogP contribution in [0.1, 0.15) is 31.1 Å². The molecule has 0 N–H and O–H groups in total. The molecule has 0 radical (unpaired) electrons. The number of ether oxygens (including phenoxy) is 2. The molecule has 0 bridgehead atoms. The highest BCUT2D eigenvalue weighted by molar-refractivity contribution is 5.91. The van der Waals surface area contributed by atoms with Crippen molar-refractivity contribution in [3.8, 4) is 0 Å². The highest BCUT2D eigenvalue weighted by atomic mass is 16.6. The van der Waals surface area contributed by atoms with Crippen molar-refractivity contribution in [1.82, 2.24) is 9.80 Å². The third-order valence-electron chi connectivity index (χ3n) is 4.74.